The molecule has 0 saturated heterocycles. The molecule has 2 amide bonds. The van der Waals surface area contributed by atoms with Gasteiger partial charge in [-0.3, -0.25) is 10.1 Å². The number of hydrogen-bond acceptors (Lipinski definition) is 5. The third-order valence-corrected chi connectivity index (χ3v) is 4.50. The van der Waals surface area contributed by atoms with Crippen LogP contribution in [0.3, 0.4) is 0 Å². The molecule has 12 heteroatoms. The number of carbonyl (C=O) groups excluding carboxylic acids is 1. The number of hydrogen-bond donors (Lipinski definition) is 5. The summed E-state index contributed by atoms with van der Waals surface area (Å²) in [6, 6.07) is 4.05. The number of H-pyrrole nitrogens is 1. The molecule has 33 heavy (non-hydrogen) atoms. The van der Waals surface area contributed by atoms with Crippen LogP contribution in [0.4, 0.5) is 34.0 Å². The van der Waals surface area contributed by atoms with Crippen molar-refractivity contribution in [2.45, 2.75) is 13.0 Å². The van der Waals surface area contributed by atoms with Gasteiger partial charge in [0, 0.05) is 30.4 Å². The summed E-state index contributed by atoms with van der Waals surface area (Å²) in [4.78, 5) is 30.5. The molecule has 0 aliphatic heterocycles. The molecule has 1 heterocycles. The minimum absolute atomic E-state index is 0.00863. The van der Waals surface area contributed by atoms with E-state index in [0.717, 1.165) is 12.6 Å². The molecule has 0 saturated carbocycles. The lowest BCUT2D eigenvalue weighted by Crippen LogP contribution is -2.24. The first kappa shape index (κ1) is 23.9. The lowest BCUT2D eigenvalue weighted by atomic mass is 10.1. The van der Waals surface area contributed by atoms with Crippen molar-refractivity contribution in [2.24, 2.45) is 5.73 Å². The molecule has 3 rings (SSSR count). The third-order valence-electron chi connectivity index (χ3n) is 4.50. The van der Waals surface area contributed by atoms with Gasteiger partial charge in [-0.05, 0) is 31.1 Å². The summed E-state index contributed by atoms with van der Waals surface area (Å²) in [5.74, 6) is -4.93. The van der Waals surface area contributed by atoms with E-state index in [0.29, 0.717) is 31.3 Å². The maximum Gasteiger partial charge on any atom is 0.326 e. The van der Waals surface area contributed by atoms with Crippen LogP contribution in [-0.4, -0.2) is 29.1 Å². The molecular weight excluding hydrogens is 444 g/mol. The summed E-state index contributed by atoms with van der Waals surface area (Å²) in [5.41, 5.74) is 4.57. The van der Waals surface area contributed by atoms with E-state index in [1.165, 1.54) is 12.1 Å². The van der Waals surface area contributed by atoms with Gasteiger partial charge in [-0.15, -0.1) is 0 Å². The molecule has 0 fully saturated rings. The summed E-state index contributed by atoms with van der Waals surface area (Å²) < 4.78 is 54.4. The van der Waals surface area contributed by atoms with Gasteiger partial charge >= 0.3 is 6.03 Å². The van der Waals surface area contributed by atoms with Gasteiger partial charge in [0.2, 0.25) is 5.95 Å². The number of anilines is 2. The molecule has 0 unspecified atom stereocenters. The topological polar surface area (TPSA) is 125 Å². The Morgan fingerprint density at radius 2 is 1.73 bits per heavy atom. The minimum atomic E-state index is -1.41. The van der Waals surface area contributed by atoms with Crippen LogP contribution in [0.2, 0.25) is 0 Å². The van der Waals surface area contributed by atoms with Crippen molar-refractivity contribution in [2.75, 3.05) is 23.7 Å². The smallest absolute Gasteiger partial charge is 0.326 e. The largest absolute Gasteiger partial charge is 0.331 e. The number of amides is 2. The SMILES string of the molecule is NCCCNCc1ccc(-c2c[nH]c(NC(=O)Nc3cc(F)c(F)cc3F)nc2=O)c(F)c1. The lowest BCUT2D eigenvalue weighted by Gasteiger charge is -2.10. The summed E-state index contributed by atoms with van der Waals surface area (Å²) >= 11 is 0. The van der Waals surface area contributed by atoms with Crippen LogP contribution in [0.25, 0.3) is 11.1 Å². The van der Waals surface area contributed by atoms with E-state index in [4.69, 9.17) is 5.73 Å². The van der Waals surface area contributed by atoms with Crippen molar-refractivity contribution in [3.05, 3.63) is 75.7 Å². The van der Waals surface area contributed by atoms with Crippen LogP contribution in [0, 0.1) is 23.3 Å². The van der Waals surface area contributed by atoms with Gasteiger partial charge in [-0.1, -0.05) is 12.1 Å². The van der Waals surface area contributed by atoms with Gasteiger partial charge in [0.25, 0.3) is 5.56 Å². The third kappa shape index (κ3) is 6.14. The van der Waals surface area contributed by atoms with Crippen molar-refractivity contribution < 1.29 is 22.4 Å². The first-order valence-corrected chi connectivity index (χ1v) is 9.80. The molecular formula is C21H20F4N6O2. The Labute approximate surface area is 185 Å². The Morgan fingerprint density at radius 3 is 2.42 bits per heavy atom. The molecule has 0 aliphatic carbocycles. The van der Waals surface area contributed by atoms with Crippen LogP contribution in [0.15, 0.2) is 41.3 Å². The molecule has 1 aromatic heterocycles. The Kier molecular flexibility index (Phi) is 7.74. The zero-order valence-corrected chi connectivity index (χ0v) is 17.1. The molecule has 6 N–H and O–H groups in total. The number of aromatic nitrogens is 2. The van der Waals surface area contributed by atoms with E-state index in [1.54, 1.807) is 6.07 Å². The lowest BCUT2D eigenvalue weighted by molar-refractivity contribution is 0.262. The van der Waals surface area contributed by atoms with Crippen LogP contribution in [-0.2, 0) is 6.54 Å². The Morgan fingerprint density at radius 1 is 0.970 bits per heavy atom. The summed E-state index contributed by atoms with van der Waals surface area (Å²) in [6.45, 7) is 1.67. The highest BCUT2D eigenvalue weighted by atomic mass is 19.2. The summed E-state index contributed by atoms with van der Waals surface area (Å²) in [5, 5.41) is 7.20. The van der Waals surface area contributed by atoms with Crippen LogP contribution in [0.5, 0.6) is 0 Å². The molecule has 8 nitrogen and oxygen atoms in total. The van der Waals surface area contributed by atoms with E-state index in [-0.39, 0.29) is 23.1 Å². The van der Waals surface area contributed by atoms with Gasteiger partial charge in [0.1, 0.15) is 11.6 Å². The van der Waals surface area contributed by atoms with Gasteiger partial charge < -0.3 is 21.4 Å². The molecule has 2 aromatic carbocycles. The number of rotatable bonds is 8. The number of nitrogens with one attached hydrogen (secondary N) is 4. The number of benzene rings is 2. The molecule has 0 bridgehead atoms. The van der Waals surface area contributed by atoms with Crippen molar-refractivity contribution in [3.8, 4) is 11.1 Å². The van der Waals surface area contributed by atoms with Crippen molar-refractivity contribution in [3.63, 3.8) is 0 Å². The Bertz CT molecular complexity index is 1220. The molecule has 0 atom stereocenters. The molecule has 0 radical (unpaired) electrons. The monoisotopic (exact) mass is 464 g/mol. The second-order valence-electron chi connectivity index (χ2n) is 6.93. The van der Waals surface area contributed by atoms with Crippen molar-refractivity contribution in [1.29, 1.82) is 0 Å². The predicted molar refractivity (Wildman–Crippen MR) is 115 cm³/mol. The number of halogens is 4. The van der Waals surface area contributed by atoms with Crippen LogP contribution >= 0.6 is 0 Å². The highest BCUT2D eigenvalue weighted by molar-refractivity contribution is 5.98. The fourth-order valence-electron chi connectivity index (χ4n) is 2.88. The standard InChI is InChI=1S/C21H20F4N6O2/c22-14-6-11(9-27-5-1-4-26)2-3-12(14)13-10-28-20(30-19(13)32)31-21(33)29-18-8-16(24)15(23)7-17(18)25/h2-3,6-8,10,27H,1,4-5,9,26H2,(H3,28,29,30,31,32,33). The number of nitrogens with zero attached hydrogens (tertiary/aromatic N) is 1. The molecule has 0 aliphatic rings. The maximum absolute atomic E-state index is 14.5. The van der Waals surface area contributed by atoms with E-state index in [2.05, 4.69) is 20.6 Å². The van der Waals surface area contributed by atoms with E-state index in [9.17, 15) is 27.2 Å². The Balaban J connectivity index is 1.69. The number of urea groups is 1. The van der Waals surface area contributed by atoms with Crippen LogP contribution in [0.1, 0.15) is 12.0 Å². The fraction of sp³-hybridized carbons (Fsp3) is 0.190. The average molecular weight is 464 g/mol. The first-order valence-electron chi connectivity index (χ1n) is 9.80. The van der Waals surface area contributed by atoms with Gasteiger partial charge in [-0.25, -0.2) is 22.4 Å². The summed E-state index contributed by atoms with van der Waals surface area (Å²) in [6.07, 6.45) is 1.94. The zero-order valence-electron chi connectivity index (χ0n) is 17.1. The van der Waals surface area contributed by atoms with Gasteiger partial charge in [0.05, 0.1) is 11.3 Å². The number of aromatic amines is 1. The number of carbonyl (C=O) groups is 1. The predicted octanol–water partition coefficient (Wildman–Crippen LogP) is 3.08. The molecule has 3 aromatic rings. The highest BCUT2D eigenvalue weighted by Gasteiger charge is 2.15. The second-order valence-corrected chi connectivity index (χ2v) is 6.93. The normalized spacial score (nSPS) is 10.8. The average Bonchev–Trinajstić information content (AvgIpc) is 2.76. The highest BCUT2D eigenvalue weighted by Crippen LogP contribution is 2.21. The van der Waals surface area contributed by atoms with E-state index in [1.807, 2.05) is 5.32 Å². The van der Waals surface area contributed by atoms with Crippen LogP contribution < -0.4 is 27.2 Å². The molecule has 0 spiro atoms. The maximum atomic E-state index is 14.5. The first-order chi connectivity index (χ1) is 15.8. The van der Waals surface area contributed by atoms with Crippen molar-refractivity contribution >= 4 is 17.7 Å². The van der Waals surface area contributed by atoms with E-state index < -0.39 is 40.5 Å². The van der Waals surface area contributed by atoms with Crippen molar-refractivity contribution in [1.82, 2.24) is 15.3 Å². The van der Waals surface area contributed by atoms with Gasteiger partial charge in [-0.2, -0.15) is 4.98 Å². The minimum Gasteiger partial charge on any atom is -0.331 e. The number of nitrogens with two attached hydrogens (primary N) is 1. The molecule has 174 valence electrons. The fourth-order valence-corrected chi connectivity index (χ4v) is 2.88. The quantitative estimate of drug-likeness (QED) is 0.199. The summed E-state index contributed by atoms with van der Waals surface area (Å²) in [7, 11) is 0. The van der Waals surface area contributed by atoms with E-state index >= 15 is 0 Å². The Hall–Kier alpha value is -3.77. The second kappa shape index (κ2) is 10.7. The zero-order chi connectivity index (χ0) is 24.0. The van der Waals surface area contributed by atoms with Gasteiger partial charge in [0.15, 0.2) is 11.6 Å².